The monoisotopic (exact) mass is 424 g/mol. The van der Waals surface area contributed by atoms with Gasteiger partial charge in [-0.1, -0.05) is 40.9 Å². The molecule has 1 aromatic carbocycles. The second kappa shape index (κ2) is 6.06. The lowest BCUT2D eigenvalue weighted by Gasteiger charge is -2.49. The summed E-state index contributed by atoms with van der Waals surface area (Å²) in [6.45, 7) is 0. The summed E-state index contributed by atoms with van der Waals surface area (Å²) in [7, 11) is 0. The molecule has 4 atom stereocenters. The molecule has 0 amide bonds. The Bertz CT molecular complexity index is 911. The largest absolute Gasteiger partial charge is 0.447 e. The lowest BCUT2D eigenvalue weighted by Crippen LogP contribution is -2.59. The normalized spacial score (nSPS) is 36.3. The molecule has 1 aliphatic carbocycles. The summed E-state index contributed by atoms with van der Waals surface area (Å²) in [6.07, 6.45) is 2.83. The first-order valence-electron chi connectivity index (χ1n) is 8.95. The van der Waals surface area contributed by atoms with Crippen LogP contribution in [0.2, 0.25) is 0 Å². The molecule has 2 heterocycles. The van der Waals surface area contributed by atoms with E-state index in [9.17, 15) is 15.8 Å². The highest BCUT2D eigenvalue weighted by molar-refractivity contribution is 9.10. The highest BCUT2D eigenvalue weighted by Crippen LogP contribution is 2.68. The number of nitriles is 3. The average molecular weight is 425 g/mol. The molecule has 2 bridgehead atoms. The van der Waals surface area contributed by atoms with Gasteiger partial charge in [-0.15, -0.1) is 0 Å². The van der Waals surface area contributed by atoms with Crippen LogP contribution in [0.25, 0.3) is 0 Å². The molecule has 3 fully saturated rings. The fourth-order valence-corrected chi connectivity index (χ4v) is 5.24. The lowest BCUT2D eigenvalue weighted by molar-refractivity contribution is -0.284. The molecule has 0 aromatic heterocycles. The van der Waals surface area contributed by atoms with Crippen LogP contribution in [0.4, 0.5) is 0 Å². The van der Waals surface area contributed by atoms with Crippen LogP contribution in [0.5, 0.6) is 0 Å². The number of ether oxygens (including phenoxy) is 2. The highest BCUT2D eigenvalue weighted by atomic mass is 79.9. The Kier molecular flexibility index (Phi) is 4.04. The summed E-state index contributed by atoms with van der Waals surface area (Å²) in [5.74, 6) is -1.94. The van der Waals surface area contributed by atoms with Crippen molar-refractivity contribution in [3.8, 4) is 18.2 Å². The van der Waals surface area contributed by atoms with Crippen molar-refractivity contribution in [1.29, 1.82) is 21.2 Å². The van der Waals surface area contributed by atoms with E-state index in [0.717, 1.165) is 23.7 Å². The fourth-order valence-electron chi connectivity index (χ4n) is 4.98. The van der Waals surface area contributed by atoms with Gasteiger partial charge in [0.25, 0.3) is 0 Å². The van der Waals surface area contributed by atoms with Gasteiger partial charge < -0.3 is 9.47 Å². The Morgan fingerprint density at radius 1 is 1.04 bits per heavy atom. The third-order valence-corrected chi connectivity index (χ3v) is 6.77. The standard InChI is InChI=1S/C20H17BrN4O2/c21-14-7-5-13(6-8-14)16-18(10-22,11-23)19(12-24)15-4-2-1-3-9-20(15,26-16)27-17(19)25/h5-8,15-16,25H,1-4,9H2. The molecule has 27 heavy (non-hydrogen) atoms. The Labute approximate surface area is 165 Å². The van der Waals surface area contributed by atoms with Gasteiger partial charge in [-0.25, -0.2) is 0 Å². The van der Waals surface area contributed by atoms with E-state index < -0.39 is 28.6 Å². The van der Waals surface area contributed by atoms with E-state index in [4.69, 9.17) is 14.9 Å². The Balaban J connectivity index is 1.99. The zero-order valence-electron chi connectivity index (χ0n) is 14.5. The maximum atomic E-state index is 10.2. The van der Waals surface area contributed by atoms with Crippen LogP contribution in [0.1, 0.15) is 43.8 Å². The Hall–Kier alpha value is -2.40. The van der Waals surface area contributed by atoms with Crippen LogP contribution in [0.3, 0.4) is 0 Å². The minimum atomic E-state index is -1.86. The maximum Gasteiger partial charge on any atom is 0.217 e. The topological polar surface area (TPSA) is 114 Å². The van der Waals surface area contributed by atoms with Crippen molar-refractivity contribution in [2.45, 2.75) is 44.0 Å². The van der Waals surface area contributed by atoms with E-state index in [1.807, 2.05) is 12.1 Å². The van der Waals surface area contributed by atoms with Gasteiger partial charge in [0.1, 0.15) is 6.10 Å². The van der Waals surface area contributed by atoms with Gasteiger partial charge in [0.15, 0.2) is 5.41 Å². The fraction of sp³-hybridized carbons (Fsp3) is 0.500. The minimum absolute atomic E-state index is 0.306. The molecule has 0 radical (unpaired) electrons. The molecule has 6 nitrogen and oxygen atoms in total. The van der Waals surface area contributed by atoms with E-state index in [1.165, 1.54) is 0 Å². The van der Waals surface area contributed by atoms with E-state index in [2.05, 4.69) is 34.1 Å². The molecule has 1 N–H and O–H groups in total. The van der Waals surface area contributed by atoms with Crippen LogP contribution < -0.4 is 0 Å². The number of rotatable bonds is 1. The molecule has 1 aromatic rings. The summed E-state index contributed by atoms with van der Waals surface area (Å²) >= 11 is 3.38. The van der Waals surface area contributed by atoms with Crippen molar-refractivity contribution in [3.63, 3.8) is 0 Å². The average Bonchev–Trinajstić information content (AvgIpc) is 2.81. The van der Waals surface area contributed by atoms with Crippen molar-refractivity contribution in [2.24, 2.45) is 16.7 Å². The van der Waals surface area contributed by atoms with E-state index >= 15 is 0 Å². The summed E-state index contributed by atoms with van der Waals surface area (Å²) in [4.78, 5) is 0. The minimum Gasteiger partial charge on any atom is -0.447 e. The van der Waals surface area contributed by atoms with Crippen LogP contribution in [-0.2, 0) is 9.47 Å². The first kappa shape index (κ1) is 18.0. The molecule has 3 aliphatic rings. The second-order valence-electron chi connectivity index (χ2n) is 7.40. The summed E-state index contributed by atoms with van der Waals surface area (Å²) in [6, 6.07) is 13.5. The number of benzene rings is 1. The number of hydrogen-bond donors (Lipinski definition) is 1. The molecule has 0 spiro atoms. The molecule has 7 heteroatoms. The SMILES string of the molecule is N#CC1(C#N)C(c2ccc(Br)cc2)OC23CCCCCC2C1(C#N)C(=N)O3. The molecule has 2 saturated heterocycles. The molecule has 136 valence electrons. The quantitative estimate of drug-likeness (QED) is 0.719. The van der Waals surface area contributed by atoms with Gasteiger partial charge in [-0.05, 0) is 30.5 Å². The van der Waals surface area contributed by atoms with Crippen LogP contribution in [0, 0.1) is 56.2 Å². The van der Waals surface area contributed by atoms with Gasteiger partial charge >= 0.3 is 0 Å². The number of hydrogen-bond acceptors (Lipinski definition) is 6. The second-order valence-corrected chi connectivity index (χ2v) is 8.31. The first-order chi connectivity index (χ1) is 13.0. The van der Waals surface area contributed by atoms with E-state index in [0.29, 0.717) is 18.4 Å². The van der Waals surface area contributed by atoms with Crippen molar-refractivity contribution < 1.29 is 9.47 Å². The molecule has 4 rings (SSSR count). The van der Waals surface area contributed by atoms with E-state index in [1.54, 1.807) is 12.1 Å². The predicted molar refractivity (Wildman–Crippen MR) is 97.8 cm³/mol. The van der Waals surface area contributed by atoms with Crippen molar-refractivity contribution in [3.05, 3.63) is 34.3 Å². The zero-order valence-corrected chi connectivity index (χ0v) is 16.1. The molecular weight excluding hydrogens is 408 g/mol. The van der Waals surface area contributed by atoms with E-state index in [-0.39, 0.29) is 5.90 Å². The van der Waals surface area contributed by atoms with Crippen molar-refractivity contribution in [1.82, 2.24) is 0 Å². The van der Waals surface area contributed by atoms with Crippen LogP contribution >= 0.6 is 15.9 Å². The Morgan fingerprint density at radius 2 is 1.74 bits per heavy atom. The number of nitrogens with zero attached hydrogens (tertiary/aromatic N) is 3. The predicted octanol–water partition coefficient (Wildman–Crippen LogP) is 4.35. The van der Waals surface area contributed by atoms with Crippen molar-refractivity contribution >= 4 is 21.8 Å². The van der Waals surface area contributed by atoms with Gasteiger partial charge in [0.05, 0.1) is 24.1 Å². The molecule has 1 saturated carbocycles. The molecule has 2 aliphatic heterocycles. The maximum absolute atomic E-state index is 10.2. The first-order valence-corrected chi connectivity index (χ1v) is 9.74. The van der Waals surface area contributed by atoms with Crippen molar-refractivity contribution in [2.75, 3.05) is 0 Å². The zero-order chi connectivity index (χ0) is 19.3. The number of halogens is 1. The highest BCUT2D eigenvalue weighted by Gasteiger charge is 2.80. The van der Waals surface area contributed by atoms with Crippen LogP contribution in [-0.4, -0.2) is 11.7 Å². The Morgan fingerprint density at radius 3 is 2.37 bits per heavy atom. The van der Waals surface area contributed by atoms with Gasteiger partial charge in [0.2, 0.25) is 17.1 Å². The molecular formula is C20H17BrN4O2. The summed E-state index contributed by atoms with van der Waals surface area (Å²) < 4.78 is 13.2. The number of nitrogens with one attached hydrogen (secondary N) is 1. The summed E-state index contributed by atoms with van der Waals surface area (Å²) in [5, 5.41) is 39.0. The van der Waals surface area contributed by atoms with Crippen LogP contribution in [0.15, 0.2) is 28.7 Å². The lowest BCUT2D eigenvalue weighted by atomic mass is 9.52. The van der Waals surface area contributed by atoms with Gasteiger partial charge in [0, 0.05) is 10.9 Å². The third kappa shape index (κ3) is 2.09. The molecule has 4 unspecified atom stereocenters. The van der Waals surface area contributed by atoms with Gasteiger partial charge in [-0.2, -0.15) is 15.8 Å². The summed E-state index contributed by atoms with van der Waals surface area (Å²) in [5.41, 5.74) is -2.88. The smallest absolute Gasteiger partial charge is 0.217 e. The third-order valence-electron chi connectivity index (χ3n) is 6.24. The van der Waals surface area contributed by atoms with Gasteiger partial charge in [-0.3, -0.25) is 5.41 Å².